The number of thioether (sulfide) groups is 1. The van der Waals surface area contributed by atoms with Gasteiger partial charge in [0.2, 0.25) is 0 Å². The lowest BCUT2D eigenvalue weighted by Crippen LogP contribution is -2.35. The standard InChI is InChI=1S/C15H21BrFNS/c1-10(11-3-8-15(17)14(16)9-11)18-12-4-6-13(19-2)7-5-12/h3,8-10,12-13,18H,4-7H2,1-2H3. The molecule has 0 radical (unpaired) electrons. The molecule has 1 fully saturated rings. The summed E-state index contributed by atoms with van der Waals surface area (Å²) in [4.78, 5) is 0. The fourth-order valence-corrected chi connectivity index (χ4v) is 3.84. The van der Waals surface area contributed by atoms with Crippen molar-refractivity contribution in [2.75, 3.05) is 6.26 Å². The molecule has 0 bridgehead atoms. The van der Waals surface area contributed by atoms with Gasteiger partial charge >= 0.3 is 0 Å². The number of nitrogens with one attached hydrogen (secondary N) is 1. The fourth-order valence-electron chi connectivity index (χ4n) is 2.70. The van der Waals surface area contributed by atoms with E-state index in [9.17, 15) is 4.39 Å². The van der Waals surface area contributed by atoms with Gasteiger partial charge in [-0.3, -0.25) is 0 Å². The third-order valence-electron chi connectivity index (χ3n) is 3.94. The van der Waals surface area contributed by atoms with E-state index in [1.54, 1.807) is 0 Å². The van der Waals surface area contributed by atoms with Crippen molar-refractivity contribution >= 4 is 27.7 Å². The SMILES string of the molecule is CSC1CCC(NC(C)c2ccc(F)c(Br)c2)CC1. The van der Waals surface area contributed by atoms with Gasteiger partial charge < -0.3 is 5.32 Å². The zero-order valence-electron chi connectivity index (χ0n) is 11.5. The van der Waals surface area contributed by atoms with Gasteiger partial charge in [-0.1, -0.05) is 6.07 Å². The molecule has 1 unspecified atom stereocenters. The summed E-state index contributed by atoms with van der Waals surface area (Å²) in [5.74, 6) is -0.198. The van der Waals surface area contributed by atoms with Crippen LogP contribution in [0.5, 0.6) is 0 Å². The maximum Gasteiger partial charge on any atom is 0.137 e. The van der Waals surface area contributed by atoms with Crippen molar-refractivity contribution in [3.05, 3.63) is 34.1 Å². The Morgan fingerprint density at radius 3 is 2.58 bits per heavy atom. The molecule has 0 spiro atoms. The second-order valence-electron chi connectivity index (χ2n) is 5.27. The van der Waals surface area contributed by atoms with Crippen LogP contribution in [0.3, 0.4) is 0 Å². The van der Waals surface area contributed by atoms with Crippen molar-refractivity contribution in [2.24, 2.45) is 0 Å². The summed E-state index contributed by atoms with van der Waals surface area (Å²) >= 11 is 5.24. The second-order valence-corrected chi connectivity index (χ2v) is 7.26. The van der Waals surface area contributed by atoms with Gasteiger partial charge in [0.15, 0.2) is 0 Å². The minimum atomic E-state index is -0.198. The van der Waals surface area contributed by atoms with E-state index < -0.39 is 0 Å². The Morgan fingerprint density at radius 1 is 1.32 bits per heavy atom. The van der Waals surface area contributed by atoms with Crippen LogP contribution in [0.1, 0.15) is 44.2 Å². The zero-order chi connectivity index (χ0) is 13.8. The van der Waals surface area contributed by atoms with E-state index in [2.05, 4.69) is 34.4 Å². The molecule has 1 aliphatic rings. The van der Waals surface area contributed by atoms with Crippen LogP contribution in [-0.2, 0) is 0 Å². The largest absolute Gasteiger partial charge is 0.307 e. The maximum atomic E-state index is 13.2. The molecule has 19 heavy (non-hydrogen) atoms. The van der Waals surface area contributed by atoms with Gasteiger partial charge in [0, 0.05) is 17.3 Å². The van der Waals surface area contributed by atoms with E-state index >= 15 is 0 Å². The molecule has 0 heterocycles. The average molecular weight is 346 g/mol. The highest BCUT2D eigenvalue weighted by Crippen LogP contribution is 2.29. The lowest BCUT2D eigenvalue weighted by Gasteiger charge is -2.30. The molecule has 1 N–H and O–H groups in total. The molecule has 0 aromatic heterocycles. The van der Waals surface area contributed by atoms with E-state index in [1.807, 2.05) is 23.9 Å². The second kappa shape index (κ2) is 7.09. The minimum absolute atomic E-state index is 0.198. The summed E-state index contributed by atoms with van der Waals surface area (Å²) < 4.78 is 13.8. The highest BCUT2D eigenvalue weighted by molar-refractivity contribution is 9.10. The molecule has 1 atom stereocenters. The molecule has 106 valence electrons. The molecular formula is C15H21BrFNS. The number of rotatable bonds is 4. The molecule has 0 amide bonds. The Bertz CT molecular complexity index is 419. The van der Waals surface area contributed by atoms with Crippen LogP contribution in [-0.4, -0.2) is 17.5 Å². The van der Waals surface area contributed by atoms with Crippen LogP contribution in [0.25, 0.3) is 0 Å². The van der Waals surface area contributed by atoms with Gasteiger partial charge in [-0.05, 0) is 72.5 Å². The first-order valence-electron chi connectivity index (χ1n) is 6.84. The molecule has 4 heteroatoms. The van der Waals surface area contributed by atoms with Gasteiger partial charge in [0.25, 0.3) is 0 Å². The highest BCUT2D eigenvalue weighted by Gasteiger charge is 2.21. The van der Waals surface area contributed by atoms with E-state index in [0.717, 1.165) is 10.8 Å². The van der Waals surface area contributed by atoms with Crippen LogP contribution in [0, 0.1) is 5.82 Å². The number of hydrogen-bond donors (Lipinski definition) is 1. The normalized spacial score (nSPS) is 25.3. The van der Waals surface area contributed by atoms with Crippen molar-refractivity contribution in [3.63, 3.8) is 0 Å². The third-order valence-corrected chi connectivity index (χ3v) is 5.68. The number of benzene rings is 1. The molecule has 1 aromatic carbocycles. The molecule has 1 aromatic rings. The first-order valence-corrected chi connectivity index (χ1v) is 8.92. The lowest BCUT2D eigenvalue weighted by molar-refractivity contribution is 0.352. The van der Waals surface area contributed by atoms with Gasteiger partial charge in [0.05, 0.1) is 4.47 Å². The third kappa shape index (κ3) is 4.20. The quantitative estimate of drug-likeness (QED) is 0.831. The Morgan fingerprint density at radius 2 is 2.00 bits per heavy atom. The van der Waals surface area contributed by atoms with Crippen molar-refractivity contribution in [3.8, 4) is 0 Å². The molecule has 1 aliphatic carbocycles. The van der Waals surface area contributed by atoms with Gasteiger partial charge in [-0.15, -0.1) is 0 Å². The first-order chi connectivity index (χ1) is 9.10. The van der Waals surface area contributed by atoms with Crippen molar-refractivity contribution < 1.29 is 4.39 Å². The summed E-state index contributed by atoms with van der Waals surface area (Å²) in [7, 11) is 0. The molecule has 1 saturated carbocycles. The first kappa shape index (κ1) is 15.3. The molecule has 2 rings (SSSR count). The summed E-state index contributed by atoms with van der Waals surface area (Å²) in [6.07, 6.45) is 7.31. The lowest BCUT2D eigenvalue weighted by atomic mass is 9.93. The van der Waals surface area contributed by atoms with Crippen LogP contribution in [0.2, 0.25) is 0 Å². The predicted octanol–water partition coefficient (Wildman–Crippen LogP) is 4.91. The Hall–Kier alpha value is -0.0600. The summed E-state index contributed by atoms with van der Waals surface area (Å²) in [6, 6.07) is 6.14. The summed E-state index contributed by atoms with van der Waals surface area (Å²) in [6.45, 7) is 2.15. The monoisotopic (exact) mass is 345 g/mol. The zero-order valence-corrected chi connectivity index (χ0v) is 13.9. The van der Waals surface area contributed by atoms with Crippen LogP contribution in [0.15, 0.2) is 22.7 Å². The minimum Gasteiger partial charge on any atom is -0.307 e. The van der Waals surface area contributed by atoms with Crippen molar-refractivity contribution in [2.45, 2.75) is 49.9 Å². The maximum absolute atomic E-state index is 13.2. The number of hydrogen-bond acceptors (Lipinski definition) is 2. The highest BCUT2D eigenvalue weighted by atomic mass is 79.9. The van der Waals surface area contributed by atoms with Gasteiger partial charge in [-0.25, -0.2) is 4.39 Å². The predicted molar refractivity (Wildman–Crippen MR) is 85.2 cm³/mol. The van der Waals surface area contributed by atoms with E-state index in [-0.39, 0.29) is 11.9 Å². The van der Waals surface area contributed by atoms with Crippen LogP contribution >= 0.6 is 27.7 Å². The Labute approximate surface area is 127 Å². The molecule has 1 nitrogen and oxygen atoms in total. The molecule has 0 aliphatic heterocycles. The summed E-state index contributed by atoms with van der Waals surface area (Å²) in [5.41, 5.74) is 1.14. The topological polar surface area (TPSA) is 12.0 Å². The van der Waals surface area contributed by atoms with Gasteiger partial charge in [0.1, 0.15) is 5.82 Å². The molecule has 0 saturated heterocycles. The Balaban J connectivity index is 1.90. The van der Waals surface area contributed by atoms with Crippen LogP contribution < -0.4 is 5.32 Å². The molecular weight excluding hydrogens is 325 g/mol. The van der Waals surface area contributed by atoms with E-state index in [1.165, 1.54) is 31.7 Å². The smallest absolute Gasteiger partial charge is 0.137 e. The van der Waals surface area contributed by atoms with E-state index in [0.29, 0.717) is 10.5 Å². The van der Waals surface area contributed by atoms with Crippen LogP contribution in [0.4, 0.5) is 4.39 Å². The van der Waals surface area contributed by atoms with E-state index in [4.69, 9.17) is 0 Å². The van der Waals surface area contributed by atoms with Gasteiger partial charge in [-0.2, -0.15) is 11.8 Å². The van der Waals surface area contributed by atoms with Crippen molar-refractivity contribution in [1.29, 1.82) is 0 Å². The average Bonchev–Trinajstić information content (AvgIpc) is 2.42. The van der Waals surface area contributed by atoms with Crippen molar-refractivity contribution in [1.82, 2.24) is 5.32 Å². The Kier molecular flexibility index (Phi) is 5.72. The number of halogens is 2. The summed E-state index contributed by atoms with van der Waals surface area (Å²) in [5, 5.41) is 4.51. The fraction of sp³-hybridized carbons (Fsp3) is 0.600.